The maximum absolute atomic E-state index is 10.9. The Kier molecular flexibility index (Phi) is 2.15. The van der Waals surface area contributed by atoms with Gasteiger partial charge in [0.1, 0.15) is 5.54 Å². The van der Waals surface area contributed by atoms with E-state index in [1.54, 1.807) is 0 Å². The van der Waals surface area contributed by atoms with E-state index in [0.717, 1.165) is 24.9 Å². The van der Waals surface area contributed by atoms with Gasteiger partial charge < -0.3 is 5.32 Å². The zero-order valence-electron chi connectivity index (χ0n) is 7.42. The fraction of sp³-hybridized carbons (Fsp3) is 0.364. The van der Waals surface area contributed by atoms with Crippen molar-refractivity contribution in [2.45, 2.75) is 18.4 Å². The summed E-state index contributed by atoms with van der Waals surface area (Å²) < 4.78 is 0. The highest BCUT2D eigenvalue weighted by Crippen LogP contribution is 2.28. The van der Waals surface area contributed by atoms with E-state index in [1.165, 1.54) is 0 Å². The monoisotopic (exact) mass is 174 g/mol. The number of benzene rings is 1. The Morgan fingerprint density at radius 2 is 2.08 bits per heavy atom. The van der Waals surface area contributed by atoms with Crippen LogP contribution in [0.25, 0.3) is 0 Å². The molecule has 1 fully saturated rings. The van der Waals surface area contributed by atoms with Crippen molar-refractivity contribution < 1.29 is 4.79 Å². The predicted octanol–water partition coefficient (Wildman–Crippen LogP) is 1.37. The highest BCUT2D eigenvalue weighted by Gasteiger charge is 2.35. The SMILES string of the molecule is O=[C][C@]1(c2ccccc2)CCCN1. The van der Waals surface area contributed by atoms with E-state index in [-0.39, 0.29) is 0 Å². The van der Waals surface area contributed by atoms with Crippen molar-refractivity contribution in [2.24, 2.45) is 0 Å². The van der Waals surface area contributed by atoms with E-state index in [0.29, 0.717) is 0 Å². The van der Waals surface area contributed by atoms with Gasteiger partial charge in [-0.3, -0.25) is 4.79 Å². The van der Waals surface area contributed by atoms with E-state index in [1.807, 2.05) is 30.3 Å². The lowest BCUT2D eigenvalue weighted by Gasteiger charge is -2.21. The standard InChI is InChI=1S/C11H12NO/c13-9-11(7-4-8-12-11)10-5-2-1-3-6-10/h1-3,5-6,12H,4,7-8H2/t11-/m0/s1. The molecule has 1 radical (unpaired) electrons. The molecule has 2 rings (SSSR count). The molecule has 1 saturated heterocycles. The number of hydrogen-bond donors (Lipinski definition) is 1. The van der Waals surface area contributed by atoms with Crippen LogP contribution in [-0.2, 0) is 10.3 Å². The normalized spacial score (nSPS) is 27.4. The van der Waals surface area contributed by atoms with Crippen molar-refractivity contribution in [1.29, 1.82) is 0 Å². The number of hydrogen-bond acceptors (Lipinski definition) is 2. The number of rotatable bonds is 2. The van der Waals surface area contributed by atoms with Crippen LogP contribution in [-0.4, -0.2) is 12.8 Å². The fourth-order valence-electron chi connectivity index (χ4n) is 1.86. The molecule has 1 heterocycles. The van der Waals surface area contributed by atoms with E-state index in [9.17, 15) is 4.79 Å². The van der Waals surface area contributed by atoms with Gasteiger partial charge in [0.2, 0.25) is 6.29 Å². The van der Waals surface area contributed by atoms with E-state index in [4.69, 9.17) is 0 Å². The summed E-state index contributed by atoms with van der Waals surface area (Å²) in [6.45, 7) is 0.907. The second-order valence-corrected chi connectivity index (χ2v) is 3.40. The molecule has 1 aliphatic heterocycles. The van der Waals surface area contributed by atoms with Crippen LogP contribution in [0.5, 0.6) is 0 Å². The van der Waals surface area contributed by atoms with Crippen LogP contribution in [0, 0.1) is 0 Å². The average Bonchev–Trinajstić information content (AvgIpc) is 2.69. The van der Waals surface area contributed by atoms with Crippen LogP contribution in [0.4, 0.5) is 0 Å². The van der Waals surface area contributed by atoms with Gasteiger partial charge in [-0.25, -0.2) is 0 Å². The maximum atomic E-state index is 10.9. The van der Waals surface area contributed by atoms with Crippen molar-refractivity contribution >= 4 is 6.29 Å². The summed E-state index contributed by atoms with van der Waals surface area (Å²) in [5, 5.41) is 3.21. The van der Waals surface area contributed by atoms with Gasteiger partial charge in [0.05, 0.1) is 0 Å². The quantitative estimate of drug-likeness (QED) is 0.733. The van der Waals surface area contributed by atoms with E-state index >= 15 is 0 Å². The first-order valence-electron chi connectivity index (χ1n) is 4.57. The minimum atomic E-state index is -0.527. The molecule has 0 aromatic heterocycles. The second-order valence-electron chi connectivity index (χ2n) is 3.40. The molecular weight excluding hydrogens is 162 g/mol. The summed E-state index contributed by atoms with van der Waals surface area (Å²) in [5.41, 5.74) is 0.504. The Morgan fingerprint density at radius 3 is 2.62 bits per heavy atom. The van der Waals surface area contributed by atoms with E-state index in [2.05, 4.69) is 11.6 Å². The molecule has 1 atom stereocenters. The molecule has 0 saturated carbocycles. The van der Waals surface area contributed by atoms with Crippen LogP contribution in [0.3, 0.4) is 0 Å². The van der Waals surface area contributed by atoms with Gasteiger partial charge in [-0.05, 0) is 24.9 Å². The van der Waals surface area contributed by atoms with Gasteiger partial charge >= 0.3 is 0 Å². The van der Waals surface area contributed by atoms with Crippen LogP contribution in [0.2, 0.25) is 0 Å². The molecule has 67 valence electrons. The Hall–Kier alpha value is -1.15. The molecule has 0 amide bonds. The molecule has 13 heavy (non-hydrogen) atoms. The van der Waals surface area contributed by atoms with Crippen LogP contribution < -0.4 is 5.32 Å². The molecule has 1 aliphatic rings. The average molecular weight is 174 g/mol. The molecule has 1 N–H and O–H groups in total. The van der Waals surface area contributed by atoms with Crippen molar-refractivity contribution in [1.82, 2.24) is 5.32 Å². The topological polar surface area (TPSA) is 29.1 Å². The molecular formula is C11H12NO. The third-order valence-corrected chi connectivity index (χ3v) is 2.60. The lowest BCUT2D eigenvalue weighted by atomic mass is 9.90. The minimum absolute atomic E-state index is 0.527. The summed E-state index contributed by atoms with van der Waals surface area (Å²) in [6.07, 6.45) is 4.04. The van der Waals surface area contributed by atoms with Crippen LogP contribution in [0.1, 0.15) is 18.4 Å². The molecule has 0 aliphatic carbocycles. The third-order valence-electron chi connectivity index (χ3n) is 2.60. The Labute approximate surface area is 78.0 Å². The van der Waals surface area contributed by atoms with Crippen LogP contribution in [0.15, 0.2) is 30.3 Å². The highest BCUT2D eigenvalue weighted by molar-refractivity contribution is 5.69. The fourth-order valence-corrected chi connectivity index (χ4v) is 1.86. The molecule has 0 unspecified atom stereocenters. The Morgan fingerprint density at radius 1 is 1.31 bits per heavy atom. The molecule has 1 aromatic carbocycles. The summed E-state index contributed by atoms with van der Waals surface area (Å²) in [7, 11) is 0. The maximum Gasteiger partial charge on any atom is 0.225 e. The van der Waals surface area contributed by atoms with Crippen molar-refractivity contribution in [3.8, 4) is 0 Å². The Bertz CT molecular complexity index is 288. The highest BCUT2D eigenvalue weighted by atomic mass is 16.1. The van der Waals surface area contributed by atoms with Crippen molar-refractivity contribution in [3.05, 3.63) is 35.9 Å². The molecule has 0 bridgehead atoms. The smallest absolute Gasteiger partial charge is 0.225 e. The van der Waals surface area contributed by atoms with Gasteiger partial charge in [0, 0.05) is 0 Å². The molecule has 0 spiro atoms. The van der Waals surface area contributed by atoms with Crippen molar-refractivity contribution in [2.75, 3.05) is 6.54 Å². The third kappa shape index (κ3) is 1.38. The first-order valence-corrected chi connectivity index (χ1v) is 4.57. The van der Waals surface area contributed by atoms with Gasteiger partial charge in [-0.15, -0.1) is 0 Å². The lowest BCUT2D eigenvalue weighted by molar-refractivity contribution is 0.461. The molecule has 2 nitrogen and oxygen atoms in total. The van der Waals surface area contributed by atoms with Gasteiger partial charge in [0.15, 0.2) is 0 Å². The lowest BCUT2D eigenvalue weighted by Crippen LogP contribution is -2.38. The summed E-state index contributed by atoms with van der Waals surface area (Å²) >= 11 is 0. The summed E-state index contributed by atoms with van der Waals surface area (Å²) in [5.74, 6) is 0. The minimum Gasteiger partial charge on any atom is -0.301 e. The van der Waals surface area contributed by atoms with E-state index < -0.39 is 5.54 Å². The van der Waals surface area contributed by atoms with Gasteiger partial charge in [-0.1, -0.05) is 30.3 Å². The molecule has 2 heteroatoms. The van der Waals surface area contributed by atoms with Gasteiger partial charge in [-0.2, -0.15) is 0 Å². The second kappa shape index (κ2) is 3.30. The van der Waals surface area contributed by atoms with Crippen LogP contribution >= 0.6 is 0 Å². The first-order chi connectivity index (χ1) is 6.37. The van der Waals surface area contributed by atoms with Gasteiger partial charge in [0.25, 0.3) is 0 Å². The number of carbonyl (C=O) groups excluding carboxylic acids is 1. The Balaban J connectivity index is 2.36. The number of nitrogens with one attached hydrogen (secondary N) is 1. The first kappa shape index (κ1) is 8.45. The summed E-state index contributed by atoms with van der Waals surface area (Å²) in [4.78, 5) is 10.9. The summed E-state index contributed by atoms with van der Waals surface area (Å²) in [6, 6.07) is 9.81. The van der Waals surface area contributed by atoms with Crippen molar-refractivity contribution in [3.63, 3.8) is 0 Å². The zero-order valence-corrected chi connectivity index (χ0v) is 7.42. The molecule has 1 aromatic rings. The predicted molar refractivity (Wildman–Crippen MR) is 51.1 cm³/mol. The zero-order chi connectivity index (χ0) is 9.15. The largest absolute Gasteiger partial charge is 0.301 e.